The van der Waals surface area contributed by atoms with Gasteiger partial charge in [-0.15, -0.1) is 0 Å². The molecule has 7 heteroatoms. The van der Waals surface area contributed by atoms with Crippen LogP contribution in [-0.2, 0) is 16.6 Å². The molecule has 0 amide bonds. The van der Waals surface area contributed by atoms with Crippen molar-refractivity contribution in [3.05, 3.63) is 29.8 Å². The van der Waals surface area contributed by atoms with E-state index in [0.717, 1.165) is 5.56 Å². The van der Waals surface area contributed by atoms with Gasteiger partial charge in [0.2, 0.25) is 10.0 Å². The van der Waals surface area contributed by atoms with Gasteiger partial charge in [-0.3, -0.25) is 4.90 Å². The number of nitrogens with zero attached hydrogens (tertiary/aromatic N) is 1. The highest BCUT2D eigenvalue weighted by Crippen LogP contribution is 2.19. The largest absolute Gasteiger partial charge is 0.396 e. The van der Waals surface area contributed by atoms with E-state index in [-0.39, 0.29) is 17.4 Å². The summed E-state index contributed by atoms with van der Waals surface area (Å²) in [5.41, 5.74) is 0.978. The standard InChI is InChI=1S/C13H20N2O4S/c1-14-20(18,19)12-4-2-10(3-5-12)6-15-7-11(9-16)13(17)8-15/h2-5,11,13-14,16-17H,6-9H2,1H3. The highest BCUT2D eigenvalue weighted by atomic mass is 32.2. The number of nitrogens with one attached hydrogen (secondary N) is 1. The third kappa shape index (κ3) is 3.36. The van der Waals surface area contributed by atoms with Crippen LogP contribution in [0.2, 0.25) is 0 Å². The van der Waals surface area contributed by atoms with Crippen LogP contribution in [-0.4, -0.2) is 56.4 Å². The summed E-state index contributed by atoms with van der Waals surface area (Å²) < 4.78 is 25.5. The van der Waals surface area contributed by atoms with E-state index >= 15 is 0 Å². The van der Waals surface area contributed by atoms with E-state index in [1.807, 2.05) is 4.90 Å². The van der Waals surface area contributed by atoms with E-state index in [0.29, 0.717) is 19.6 Å². The quantitative estimate of drug-likeness (QED) is 0.674. The summed E-state index contributed by atoms with van der Waals surface area (Å²) in [6.45, 7) is 1.79. The number of hydrogen-bond donors (Lipinski definition) is 3. The lowest BCUT2D eigenvalue weighted by Crippen LogP contribution is -2.21. The molecule has 2 atom stereocenters. The normalized spacial score (nSPS) is 24.1. The van der Waals surface area contributed by atoms with Crippen molar-refractivity contribution in [1.82, 2.24) is 9.62 Å². The number of sulfonamides is 1. The Kier molecular flexibility index (Phi) is 4.77. The van der Waals surface area contributed by atoms with E-state index in [4.69, 9.17) is 5.11 Å². The van der Waals surface area contributed by atoms with Crippen molar-refractivity contribution in [3.8, 4) is 0 Å². The zero-order chi connectivity index (χ0) is 14.8. The Labute approximate surface area is 119 Å². The van der Waals surface area contributed by atoms with Gasteiger partial charge in [0.25, 0.3) is 0 Å². The lowest BCUT2D eigenvalue weighted by atomic mass is 10.1. The molecule has 2 unspecified atom stereocenters. The predicted molar refractivity (Wildman–Crippen MR) is 74.5 cm³/mol. The number of rotatable bonds is 5. The SMILES string of the molecule is CNS(=O)(=O)c1ccc(CN2CC(O)C(CO)C2)cc1. The van der Waals surface area contributed by atoms with Crippen LogP contribution < -0.4 is 4.72 Å². The second-order valence-electron chi connectivity index (χ2n) is 5.06. The van der Waals surface area contributed by atoms with Crippen molar-refractivity contribution in [2.24, 2.45) is 5.92 Å². The van der Waals surface area contributed by atoms with Crippen LogP contribution in [0.15, 0.2) is 29.2 Å². The highest BCUT2D eigenvalue weighted by molar-refractivity contribution is 7.89. The third-order valence-corrected chi connectivity index (χ3v) is 5.06. The average Bonchev–Trinajstić information content (AvgIpc) is 2.79. The first-order chi connectivity index (χ1) is 9.46. The Hall–Kier alpha value is -0.990. The van der Waals surface area contributed by atoms with Crippen molar-refractivity contribution >= 4 is 10.0 Å². The maximum absolute atomic E-state index is 11.6. The van der Waals surface area contributed by atoms with Crippen molar-refractivity contribution in [2.75, 3.05) is 26.7 Å². The summed E-state index contributed by atoms with van der Waals surface area (Å²) in [7, 11) is -2.02. The van der Waals surface area contributed by atoms with Crippen LogP contribution >= 0.6 is 0 Å². The average molecular weight is 300 g/mol. The van der Waals surface area contributed by atoms with Crippen LogP contribution in [0.25, 0.3) is 0 Å². The molecule has 0 aromatic heterocycles. The maximum Gasteiger partial charge on any atom is 0.240 e. The Bertz CT molecular complexity index is 544. The van der Waals surface area contributed by atoms with Crippen molar-refractivity contribution in [2.45, 2.75) is 17.5 Å². The van der Waals surface area contributed by atoms with Gasteiger partial charge in [0, 0.05) is 32.2 Å². The fourth-order valence-corrected chi connectivity index (χ4v) is 3.13. The van der Waals surface area contributed by atoms with Gasteiger partial charge in [-0.05, 0) is 24.7 Å². The molecule has 20 heavy (non-hydrogen) atoms. The molecule has 112 valence electrons. The van der Waals surface area contributed by atoms with Crippen LogP contribution in [0.3, 0.4) is 0 Å². The van der Waals surface area contributed by atoms with E-state index in [1.54, 1.807) is 24.3 Å². The Morgan fingerprint density at radius 1 is 1.30 bits per heavy atom. The van der Waals surface area contributed by atoms with Gasteiger partial charge in [0.05, 0.1) is 11.0 Å². The Morgan fingerprint density at radius 2 is 1.95 bits per heavy atom. The van der Waals surface area contributed by atoms with Crippen molar-refractivity contribution < 1.29 is 18.6 Å². The number of hydrogen-bond acceptors (Lipinski definition) is 5. The zero-order valence-electron chi connectivity index (χ0n) is 11.4. The molecule has 1 aliphatic rings. The summed E-state index contributed by atoms with van der Waals surface area (Å²) in [4.78, 5) is 2.28. The minimum atomic E-state index is -3.40. The maximum atomic E-state index is 11.6. The van der Waals surface area contributed by atoms with E-state index in [1.165, 1.54) is 7.05 Å². The van der Waals surface area contributed by atoms with Crippen LogP contribution in [0, 0.1) is 5.92 Å². The molecule has 1 saturated heterocycles. The van der Waals surface area contributed by atoms with Gasteiger partial charge in [0.15, 0.2) is 0 Å². The van der Waals surface area contributed by atoms with Gasteiger partial charge in [-0.1, -0.05) is 12.1 Å². The van der Waals surface area contributed by atoms with Crippen molar-refractivity contribution in [1.29, 1.82) is 0 Å². The van der Waals surface area contributed by atoms with E-state index < -0.39 is 16.1 Å². The molecule has 1 aliphatic heterocycles. The number of aliphatic hydroxyl groups excluding tert-OH is 2. The van der Waals surface area contributed by atoms with E-state index in [9.17, 15) is 13.5 Å². The van der Waals surface area contributed by atoms with Crippen LogP contribution in [0.4, 0.5) is 0 Å². The topological polar surface area (TPSA) is 89.9 Å². The minimum absolute atomic E-state index is 0.0168. The molecule has 0 radical (unpaired) electrons. The molecule has 3 N–H and O–H groups in total. The van der Waals surface area contributed by atoms with Gasteiger partial charge < -0.3 is 10.2 Å². The smallest absolute Gasteiger partial charge is 0.240 e. The Morgan fingerprint density at radius 3 is 2.45 bits per heavy atom. The molecule has 1 fully saturated rings. The summed E-state index contributed by atoms with van der Waals surface area (Å²) in [6.07, 6.45) is -0.496. The fourth-order valence-electron chi connectivity index (χ4n) is 2.40. The van der Waals surface area contributed by atoms with Gasteiger partial charge >= 0.3 is 0 Å². The molecular weight excluding hydrogens is 280 g/mol. The van der Waals surface area contributed by atoms with Gasteiger partial charge in [-0.25, -0.2) is 13.1 Å². The number of benzene rings is 1. The van der Waals surface area contributed by atoms with Crippen molar-refractivity contribution in [3.63, 3.8) is 0 Å². The molecule has 1 heterocycles. The number of β-amino-alcohol motifs (C(OH)–C–C–N with tert-alkyl or cyclic N) is 1. The number of likely N-dealkylation sites (tertiary alicyclic amines) is 1. The molecule has 0 bridgehead atoms. The summed E-state index contributed by atoms with van der Waals surface area (Å²) in [6, 6.07) is 6.67. The first-order valence-corrected chi connectivity index (χ1v) is 7.98. The molecule has 1 aromatic rings. The third-order valence-electron chi connectivity index (χ3n) is 3.63. The molecule has 0 aliphatic carbocycles. The van der Waals surface area contributed by atoms with Gasteiger partial charge in [-0.2, -0.15) is 0 Å². The lowest BCUT2D eigenvalue weighted by molar-refractivity contribution is 0.103. The van der Waals surface area contributed by atoms with Gasteiger partial charge in [0.1, 0.15) is 0 Å². The molecular formula is C13H20N2O4S. The molecule has 0 spiro atoms. The first kappa shape index (κ1) is 15.4. The molecule has 6 nitrogen and oxygen atoms in total. The Balaban J connectivity index is 2.02. The first-order valence-electron chi connectivity index (χ1n) is 6.50. The molecule has 2 rings (SSSR count). The van der Waals surface area contributed by atoms with Crippen LogP contribution in [0.1, 0.15) is 5.56 Å². The highest BCUT2D eigenvalue weighted by Gasteiger charge is 2.30. The summed E-state index contributed by atoms with van der Waals surface area (Å²) in [5.74, 6) is -0.0982. The number of aliphatic hydroxyl groups is 2. The van der Waals surface area contributed by atoms with Crippen LogP contribution in [0.5, 0.6) is 0 Å². The fraction of sp³-hybridized carbons (Fsp3) is 0.538. The second-order valence-corrected chi connectivity index (χ2v) is 6.94. The summed E-state index contributed by atoms with van der Waals surface area (Å²) in [5, 5.41) is 18.8. The van der Waals surface area contributed by atoms with E-state index in [2.05, 4.69) is 4.72 Å². The lowest BCUT2D eigenvalue weighted by Gasteiger charge is -2.15. The molecule has 0 saturated carbocycles. The predicted octanol–water partition coefficient (Wildman–Crippen LogP) is -0.620. The molecule has 1 aromatic carbocycles. The minimum Gasteiger partial charge on any atom is -0.396 e. The zero-order valence-corrected chi connectivity index (χ0v) is 12.2. The summed E-state index contributed by atoms with van der Waals surface area (Å²) >= 11 is 0. The second kappa shape index (κ2) is 6.19. The monoisotopic (exact) mass is 300 g/mol.